The highest BCUT2D eigenvalue weighted by Crippen LogP contribution is 2.38. The van der Waals surface area contributed by atoms with Crippen LogP contribution in [0.3, 0.4) is 0 Å². The van der Waals surface area contributed by atoms with E-state index in [9.17, 15) is 23.3 Å². The summed E-state index contributed by atoms with van der Waals surface area (Å²) < 4.78 is 38.7. The lowest BCUT2D eigenvalue weighted by atomic mass is 10.1. The molecule has 0 saturated heterocycles. The summed E-state index contributed by atoms with van der Waals surface area (Å²) in [7, 11) is -2.78. The predicted octanol–water partition coefficient (Wildman–Crippen LogP) is 4.02. The minimum Gasteiger partial charge on any atom is -0.495 e. The third kappa shape index (κ3) is 5.35. The van der Waals surface area contributed by atoms with Crippen molar-refractivity contribution in [3.63, 3.8) is 0 Å². The van der Waals surface area contributed by atoms with Crippen molar-refractivity contribution in [3.05, 3.63) is 69.6 Å². The van der Waals surface area contributed by atoms with Crippen molar-refractivity contribution in [1.29, 1.82) is 5.26 Å². The maximum atomic E-state index is 13.0. The molecule has 1 amide bonds. The molecule has 1 aliphatic rings. The van der Waals surface area contributed by atoms with Gasteiger partial charge < -0.3 is 14.8 Å². The third-order valence-electron chi connectivity index (χ3n) is 5.61. The van der Waals surface area contributed by atoms with E-state index < -0.39 is 28.5 Å². The summed E-state index contributed by atoms with van der Waals surface area (Å²) >= 11 is 1.36. The maximum Gasteiger partial charge on any atom is 0.338 e. The van der Waals surface area contributed by atoms with E-state index in [1.165, 1.54) is 30.6 Å². The first-order valence-corrected chi connectivity index (χ1v) is 13.3. The van der Waals surface area contributed by atoms with Crippen LogP contribution >= 0.6 is 11.3 Å². The molecule has 0 fully saturated rings. The number of rotatable bonds is 8. The second kappa shape index (κ2) is 10.4. The quantitative estimate of drug-likeness (QED) is 0.424. The molecule has 0 unspecified atom stereocenters. The predicted molar refractivity (Wildman–Crippen MR) is 135 cm³/mol. The van der Waals surface area contributed by atoms with Gasteiger partial charge in [0.2, 0.25) is 0 Å². The fourth-order valence-electron chi connectivity index (χ4n) is 3.83. The van der Waals surface area contributed by atoms with E-state index in [0.717, 1.165) is 41.3 Å². The number of methoxy groups -OCH3 is 1. The highest BCUT2D eigenvalue weighted by Gasteiger charge is 2.25. The van der Waals surface area contributed by atoms with Crippen LogP contribution in [0.4, 0.5) is 10.7 Å². The number of amides is 1. The summed E-state index contributed by atoms with van der Waals surface area (Å²) in [6.07, 6.45) is 2.67. The number of esters is 1. The largest absolute Gasteiger partial charge is 0.495 e. The van der Waals surface area contributed by atoms with Crippen LogP contribution in [0.5, 0.6) is 5.75 Å². The van der Waals surface area contributed by atoms with Crippen LogP contribution < -0.4 is 14.8 Å². The molecule has 186 valence electrons. The summed E-state index contributed by atoms with van der Waals surface area (Å²) in [5, 5.41) is 12.5. The standard InChI is InChI=1S/C25H23N3O6S2/c1-15-6-9-17(10-7-15)28-36(31,32)22-12-16(8-11-20(22)33-2)25(30)34-14-23(29)27-24-19(13-26)18-4-3-5-21(18)35-24/h6-12,28H,3-5,14H2,1-2H3,(H,27,29). The topological polar surface area (TPSA) is 135 Å². The van der Waals surface area contributed by atoms with Gasteiger partial charge in [0, 0.05) is 10.6 Å². The van der Waals surface area contributed by atoms with Crippen LogP contribution in [0.2, 0.25) is 0 Å². The smallest absolute Gasteiger partial charge is 0.338 e. The molecule has 9 nitrogen and oxygen atoms in total. The molecule has 0 radical (unpaired) electrons. The summed E-state index contributed by atoms with van der Waals surface area (Å²) in [4.78, 5) is 25.8. The third-order valence-corrected chi connectivity index (χ3v) is 8.22. The number of anilines is 2. The van der Waals surface area contributed by atoms with Gasteiger partial charge >= 0.3 is 5.97 Å². The molecule has 11 heteroatoms. The Morgan fingerprint density at radius 2 is 1.89 bits per heavy atom. The second-order valence-corrected chi connectivity index (χ2v) is 10.9. The van der Waals surface area contributed by atoms with Gasteiger partial charge in [0.1, 0.15) is 21.7 Å². The highest BCUT2D eigenvalue weighted by atomic mass is 32.2. The van der Waals surface area contributed by atoms with Gasteiger partial charge in [-0.05, 0) is 62.1 Å². The minimum atomic E-state index is -4.09. The van der Waals surface area contributed by atoms with Crippen molar-refractivity contribution < 1.29 is 27.5 Å². The van der Waals surface area contributed by atoms with E-state index in [0.29, 0.717) is 16.3 Å². The fraction of sp³-hybridized carbons (Fsp3) is 0.240. The Balaban J connectivity index is 1.45. The van der Waals surface area contributed by atoms with Gasteiger partial charge in [-0.1, -0.05) is 17.7 Å². The van der Waals surface area contributed by atoms with Gasteiger partial charge in [-0.25, -0.2) is 13.2 Å². The first-order chi connectivity index (χ1) is 17.2. The Hall–Kier alpha value is -3.88. The number of hydrogen-bond acceptors (Lipinski definition) is 8. The SMILES string of the molecule is COc1ccc(C(=O)OCC(=O)Nc2sc3c(c2C#N)CCC3)cc1S(=O)(=O)Nc1ccc(C)cc1. The van der Waals surface area contributed by atoms with Crippen LogP contribution in [0.15, 0.2) is 47.4 Å². The van der Waals surface area contributed by atoms with Crippen molar-refractivity contribution in [3.8, 4) is 11.8 Å². The molecule has 0 aliphatic heterocycles. The molecule has 36 heavy (non-hydrogen) atoms. The Kier molecular flexibility index (Phi) is 7.28. The van der Waals surface area contributed by atoms with Gasteiger partial charge in [-0.3, -0.25) is 9.52 Å². The Labute approximate surface area is 212 Å². The number of carbonyl (C=O) groups excluding carboxylic acids is 2. The number of aryl methyl sites for hydroxylation is 2. The summed E-state index contributed by atoms with van der Waals surface area (Å²) in [5.41, 5.74) is 2.68. The number of nitriles is 1. The number of benzene rings is 2. The monoisotopic (exact) mass is 525 g/mol. The zero-order chi connectivity index (χ0) is 25.9. The van der Waals surface area contributed by atoms with E-state index in [1.807, 2.05) is 6.92 Å². The van der Waals surface area contributed by atoms with Gasteiger partial charge in [0.05, 0.1) is 18.2 Å². The van der Waals surface area contributed by atoms with Gasteiger partial charge in [0.25, 0.3) is 15.9 Å². The lowest BCUT2D eigenvalue weighted by molar-refractivity contribution is -0.119. The molecular formula is C25H23N3O6S2. The second-order valence-electron chi connectivity index (χ2n) is 8.13. The Bertz CT molecular complexity index is 1470. The molecule has 1 aliphatic carbocycles. The van der Waals surface area contributed by atoms with Crippen molar-refractivity contribution in [2.24, 2.45) is 0 Å². The van der Waals surface area contributed by atoms with Gasteiger partial charge in [-0.2, -0.15) is 5.26 Å². The zero-order valence-electron chi connectivity index (χ0n) is 19.6. The van der Waals surface area contributed by atoms with E-state index in [1.54, 1.807) is 24.3 Å². The summed E-state index contributed by atoms with van der Waals surface area (Å²) in [5.74, 6) is -1.44. The molecule has 2 N–H and O–H groups in total. The molecule has 0 atom stereocenters. The van der Waals surface area contributed by atoms with Crippen LogP contribution in [0.1, 0.15) is 38.3 Å². The first-order valence-electron chi connectivity index (χ1n) is 11.0. The minimum absolute atomic E-state index is 0.0404. The average molecular weight is 526 g/mol. The van der Waals surface area contributed by atoms with Crippen LogP contribution in [-0.2, 0) is 32.4 Å². The number of fused-ring (bicyclic) bond motifs is 1. The molecule has 1 heterocycles. The summed E-state index contributed by atoms with van der Waals surface area (Å²) in [6.45, 7) is 1.29. The van der Waals surface area contributed by atoms with E-state index in [4.69, 9.17) is 9.47 Å². The number of nitrogens with zero attached hydrogens (tertiary/aromatic N) is 1. The lowest BCUT2D eigenvalue weighted by Gasteiger charge is -2.13. The van der Waals surface area contributed by atoms with Crippen LogP contribution in [0.25, 0.3) is 0 Å². The van der Waals surface area contributed by atoms with Crippen molar-refractivity contribution >= 4 is 43.9 Å². The van der Waals surface area contributed by atoms with Crippen molar-refractivity contribution in [2.45, 2.75) is 31.1 Å². The average Bonchev–Trinajstić information content (AvgIpc) is 3.44. The molecule has 0 saturated carbocycles. The normalized spacial score (nSPS) is 12.4. The van der Waals surface area contributed by atoms with E-state index >= 15 is 0 Å². The Morgan fingerprint density at radius 1 is 1.14 bits per heavy atom. The van der Waals surface area contributed by atoms with Crippen molar-refractivity contribution in [1.82, 2.24) is 0 Å². The van der Waals surface area contributed by atoms with Crippen molar-refractivity contribution in [2.75, 3.05) is 23.8 Å². The molecule has 3 aromatic rings. The fourth-order valence-corrected chi connectivity index (χ4v) is 6.34. The summed E-state index contributed by atoms with van der Waals surface area (Å²) in [6, 6.07) is 12.7. The molecule has 4 rings (SSSR count). The van der Waals surface area contributed by atoms with Gasteiger partial charge in [-0.15, -0.1) is 11.3 Å². The van der Waals surface area contributed by atoms with Crippen LogP contribution in [0, 0.1) is 18.3 Å². The number of carbonyl (C=O) groups is 2. The van der Waals surface area contributed by atoms with E-state index in [2.05, 4.69) is 16.1 Å². The van der Waals surface area contributed by atoms with E-state index in [-0.39, 0.29) is 16.2 Å². The number of thiophene rings is 1. The number of sulfonamides is 1. The molecule has 1 aromatic heterocycles. The molecular weight excluding hydrogens is 502 g/mol. The highest BCUT2D eigenvalue weighted by molar-refractivity contribution is 7.92. The van der Waals surface area contributed by atoms with Gasteiger partial charge in [0.15, 0.2) is 6.61 Å². The molecule has 2 aromatic carbocycles. The maximum absolute atomic E-state index is 13.0. The zero-order valence-corrected chi connectivity index (χ0v) is 21.2. The number of ether oxygens (including phenoxy) is 2. The molecule has 0 spiro atoms. The lowest BCUT2D eigenvalue weighted by Crippen LogP contribution is -2.21. The first kappa shape index (κ1) is 25.2. The number of hydrogen-bond donors (Lipinski definition) is 2. The number of nitrogens with one attached hydrogen (secondary N) is 2. The van der Waals surface area contributed by atoms with Crippen LogP contribution in [-0.4, -0.2) is 34.0 Å². The Morgan fingerprint density at radius 3 is 2.58 bits per heavy atom. The molecule has 0 bridgehead atoms.